The summed E-state index contributed by atoms with van der Waals surface area (Å²) in [5.74, 6) is -0.996. The van der Waals surface area contributed by atoms with E-state index < -0.39 is 10.8 Å². The lowest BCUT2D eigenvalue weighted by atomic mass is 10.1. The minimum absolute atomic E-state index is 0.0301. The van der Waals surface area contributed by atoms with E-state index in [4.69, 9.17) is 5.73 Å². The topological polar surface area (TPSA) is 136 Å². The minimum atomic E-state index is -0.767. The standard InChI is InChI=1S/C20H17N5O4S/c1-2-9-22-20-24(23-11-14-5-3-4-6-16(14)25(28)29)17(12-30-20)13-7-8-18(26)15(10-13)19(21)27/h2-8,10-12,26H,1,9H2,(H2,21,27)/b22-20?,23-11-. The summed E-state index contributed by atoms with van der Waals surface area (Å²) in [6, 6.07) is 10.7. The van der Waals surface area contributed by atoms with Gasteiger partial charge in [-0.25, -0.2) is 4.68 Å². The molecule has 0 bridgehead atoms. The van der Waals surface area contributed by atoms with Gasteiger partial charge in [0.2, 0.25) is 4.80 Å². The monoisotopic (exact) mass is 423 g/mol. The number of hydrogen-bond donors (Lipinski definition) is 2. The molecule has 10 heteroatoms. The van der Waals surface area contributed by atoms with Gasteiger partial charge in [-0.05, 0) is 24.3 Å². The molecule has 0 fully saturated rings. The van der Waals surface area contributed by atoms with Crippen molar-refractivity contribution in [2.45, 2.75) is 0 Å². The lowest BCUT2D eigenvalue weighted by Crippen LogP contribution is -2.14. The number of nitro benzene ring substituents is 1. The van der Waals surface area contributed by atoms with E-state index in [9.17, 15) is 20.0 Å². The predicted molar refractivity (Wildman–Crippen MR) is 115 cm³/mol. The summed E-state index contributed by atoms with van der Waals surface area (Å²) in [7, 11) is 0. The number of hydrogen-bond acceptors (Lipinski definition) is 7. The van der Waals surface area contributed by atoms with Crippen molar-refractivity contribution in [2.24, 2.45) is 15.8 Å². The molecule has 30 heavy (non-hydrogen) atoms. The molecule has 0 atom stereocenters. The van der Waals surface area contributed by atoms with Crippen LogP contribution in [0.15, 0.2) is 70.6 Å². The molecule has 3 aromatic rings. The summed E-state index contributed by atoms with van der Waals surface area (Å²) in [5, 5.41) is 27.3. The normalized spacial score (nSPS) is 11.7. The van der Waals surface area contributed by atoms with Crippen LogP contribution >= 0.6 is 11.3 Å². The first-order chi connectivity index (χ1) is 14.4. The number of primary amides is 1. The molecule has 1 aromatic heterocycles. The number of para-hydroxylation sites is 1. The zero-order valence-electron chi connectivity index (χ0n) is 15.6. The molecule has 0 unspecified atom stereocenters. The Balaban J connectivity index is 2.16. The number of phenols is 1. The second-order valence-electron chi connectivity index (χ2n) is 6.00. The van der Waals surface area contributed by atoms with E-state index in [0.717, 1.165) is 0 Å². The van der Waals surface area contributed by atoms with Crippen LogP contribution in [0.2, 0.25) is 0 Å². The smallest absolute Gasteiger partial charge is 0.278 e. The van der Waals surface area contributed by atoms with E-state index in [2.05, 4.69) is 16.7 Å². The quantitative estimate of drug-likeness (QED) is 0.261. The zero-order chi connectivity index (χ0) is 21.7. The van der Waals surface area contributed by atoms with Crippen molar-refractivity contribution in [3.8, 4) is 17.0 Å². The molecule has 0 spiro atoms. The lowest BCUT2D eigenvalue weighted by Gasteiger charge is -2.06. The summed E-state index contributed by atoms with van der Waals surface area (Å²) < 4.78 is 1.50. The maximum absolute atomic E-state index is 11.6. The van der Waals surface area contributed by atoms with Crippen molar-refractivity contribution < 1.29 is 14.8 Å². The van der Waals surface area contributed by atoms with Gasteiger partial charge in [-0.2, -0.15) is 5.10 Å². The first-order valence-corrected chi connectivity index (χ1v) is 9.53. The second kappa shape index (κ2) is 8.97. The molecular weight excluding hydrogens is 406 g/mol. The van der Waals surface area contributed by atoms with E-state index in [0.29, 0.717) is 28.2 Å². The Hall–Kier alpha value is -4.05. The number of nitrogens with zero attached hydrogens (tertiary/aromatic N) is 4. The number of amides is 1. The Morgan fingerprint density at radius 3 is 2.80 bits per heavy atom. The highest BCUT2D eigenvalue weighted by Gasteiger charge is 2.14. The van der Waals surface area contributed by atoms with Gasteiger partial charge in [0.15, 0.2) is 0 Å². The van der Waals surface area contributed by atoms with Gasteiger partial charge in [-0.1, -0.05) is 18.2 Å². The van der Waals surface area contributed by atoms with Crippen LogP contribution in [0.1, 0.15) is 15.9 Å². The van der Waals surface area contributed by atoms with Crippen LogP contribution in [0.4, 0.5) is 5.69 Å². The molecular formula is C20H17N5O4S. The Kier molecular flexibility index (Phi) is 6.18. The number of carbonyl (C=O) groups is 1. The first-order valence-electron chi connectivity index (χ1n) is 8.65. The maximum Gasteiger partial charge on any atom is 0.278 e. The summed E-state index contributed by atoms with van der Waals surface area (Å²) in [5.41, 5.74) is 6.68. The summed E-state index contributed by atoms with van der Waals surface area (Å²) in [4.78, 5) is 27.3. The van der Waals surface area contributed by atoms with Crippen molar-refractivity contribution in [1.82, 2.24) is 4.68 Å². The van der Waals surface area contributed by atoms with E-state index in [1.165, 1.54) is 40.4 Å². The van der Waals surface area contributed by atoms with Gasteiger partial charge in [0, 0.05) is 17.0 Å². The molecule has 0 saturated carbocycles. The van der Waals surface area contributed by atoms with Gasteiger partial charge in [0.05, 0.1) is 34.5 Å². The Labute approximate surface area is 174 Å². The highest BCUT2D eigenvalue weighted by Crippen LogP contribution is 2.26. The number of carbonyl (C=O) groups excluding carboxylic acids is 1. The van der Waals surface area contributed by atoms with Crippen molar-refractivity contribution in [1.29, 1.82) is 0 Å². The molecule has 3 N–H and O–H groups in total. The van der Waals surface area contributed by atoms with E-state index in [-0.39, 0.29) is 17.0 Å². The lowest BCUT2D eigenvalue weighted by molar-refractivity contribution is -0.385. The third-order valence-corrected chi connectivity index (χ3v) is 4.90. The largest absolute Gasteiger partial charge is 0.507 e. The van der Waals surface area contributed by atoms with Crippen molar-refractivity contribution in [3.05, 3.63) is 86.5 Å². The first kappa shape index (κ1) is 20.7. The molecule has 1 heterocycles. The molecule has 0 aliphatic rings. The van der Waals surface area contributed by atoms with Gasteiger partial charge in [0.1, 0.15) is 5.75 Å². The Morgan fingerprint density at radius 1 is 1.33 bits per heavy atom. The number of nitro groups is 1. The van der Waals surface area contributed by atoms with Crippen LogP contribution in [0, 0.1) is 10.1 Å². The zero-order valence-corrected chi connectivity index (χ0v) is 16.5. The fraction of sp³-hybridized carbons (Fsp3) is 0.0500. The SMILES string of the molecule is C=CCN=c1scc(-c2ccc(O)c(C(N)=O)c2)n1/N=C\c1ccccc1[N+](=O)[O-]. The fourth-order valence-corrected chi connectivity index (χ4v) is 3.48. The number of rotatable bonds is 7. The molecule has 0 aliphatic heterocycles. The van der Waals surface area contributed by atoms with Crippen LogP contribution in [-0.2, 0) is 0 Å². The van der Waals surface area contributed by atoms with Crippen molar-refractivity contribution >= 4 is 29.1 Å². The number of aromatic nitrogens is 1. The minimum Gasteiger partial charge on any atom is -0.507 e. The molecule has 3 rings (SSSR count). The number of benzene rings is 2. The maximum atomic E-state index is 11.6. The summed E-state index contributed by atoms with van der Waals surface area (Å²) in [6.45, 7) is 4.00. The van der Waals surface area contributed by atoms with Crippen LogP contribution in [0.5, 0.6) is 5.75 Å². The molecule has 0 aliphatic carbocycles. The van der Waals surface area contributed by atoms with Crippen LogP contribution in [0.25, 0.3) is 11.3 Å². The number of thiazole rings is 1. The highest BCUT2D eigenvalue weighted by atomic mass is 32.1. The molecule has 1 amide bonds. The third-order valence-electron chi connectivity index (χ3n) is 4.04. The predicted octanol–water partition coefficient (Wildman–Crippen LogP) is 2.90. The number of aromatic hydroxyl groups is 1. The van der Waals surface area contributed by atoms with Gasteiger partial charge in [-0.3, -0.25) is 19.9 Å². The highest BCUT2D eigenvalue weighted by molar-refractivity contribution is 7.07. The van der Waals surface area contributed by atoms with Crippen LogP contribution in [0.3, 0.4) is 0 Å². The molecule has 0 radical (unpaired) electrons. The second-order valence-corrected chi connectivity index (χ2v) is 6.84. The third kappa shape index (κ3) is 4.33. The molecule has 152 valence electrons. The Bertz CT molecular complexity index is 1230. The van der Waals surface area contributed by atoms with Crippen LogP contribution in [-0.4, -0.2) is 33.4 Å². The Morgan fingerprint density at radius 2 is 2.10 bits per heavy atom. The average molecular weight is 423 g/mol. The van der Waals surface area contributed by atoms with Crippen LogP contribution < -0.4 is 10.5 Å². The van der Waals surface area contributed by atoms with Gasteiger partial charge >= 0.3 is 0 Å². The van der Waals surface area contributed by atoms with E-state index in [1.54, 1.807) is 35.7 Å². The van der Waals surface area contributed by atoms with E-state index >= 15 is 0 Å². The van der Waals surface area contributed by atoms with Gasteiger partial charge in [0.25, 0.3) is 11.6 Å². The van der Waals surface area contributed by atoms with Crippen molar-refractivity contribution in [2.75, 3.05) is 6.54 Å². The van der Waals surface area contributed by atoms with Gasteiger partial charge < -0.3 is 10.8 Å². The van der Waals surface area contributed by atoms with Gasteiger partial charge in [-0.15, -0.1) is 17.9 Å². The molecule has 2 aromatic carbocycles. The fourth-order valence-electron chi connectivity index (χ4n) is 2.64. The molecule has 0 saturated heterocycles. The summed E-state index contributed by atoms with van der Waals surface area (Å²) in [6.07, 6.45) is 3.00. The summed E-state index contributed by atoms with van der Waals surface area (Å²) >= 11 is 1.30. The average Bonchev–Trinajstić information content (AvgIpc) is 3.13. The van der Waals surface area contributed by atoms with Crippen molar-refractivity contribution in [3.63, 3.8) is 0 Å². The number of nitrogens with two attached hydrogens (primary N) is 1. The van der Waals surface area contributed by atoms with E-state index in [1.807, 2.05) is 0 Å². The molecule has 9 nitrogen and oxygen atoms in total.